The van der Waals surface area contributed by atoms with E-state index in [0.29, 0.717) is 35.5 Å². The number of nitrogens with one attached hydrogen (secondary N) is 1. The van der Waals surface area contributed by atoms with Gasteiger partial charge in [-0.25, -0.2) is 9.78 Å². The van der Waals surface area contributed by atoms with Crippen LogP contribution in [-0.4, -0.2) is 34.6 Å². The molecule has 1 aliphatic rings. The summed E-state index contributed by atoms with van der Waals surface area (Å²) in [5, 5.41) is 3.12. The van der Waals surface area contributed by atoms with Crippen LogP contribution in [0.15, 0.2) is 47.3 Å². The lowest BCUT2D eigenvalue weighted by atomic mass is 10.1. The lowest BCUT2D eigenvalue weighted by molar-refractivity contribution is -0.119. The maximum Gasteiger partial charge on any atom is 0.338 e. The highest BCUT2D eigenvalue weighted by molar-refractivity contribution is 5.97. The second-order valence-corrected chi connectivity index (χ2v) is 6.90. The molecular weight excluding hydrogens is 386 g/mol. The molecule has 1 aromatic heterocycles. The van der Waals surface area contributed by atoms with Crippen molar-refractivity contribution in [2.24, 2.45) is 0 Å². The van der Waals surface area contributed by atoms with E-state index in [9.17, 15) is 14.4 Å². The third-order valence-corrected chi connectivity index (χ3v) is 4.84. The number of fused-ring (bicyclic) bond motifs is 2. The highest BCUT2D eigenvalue weighted by Crippen LogP contribution is 2.17. The van der Waals surface area contributed by atoms with Crippen molar-refractivity contribution in [3.63, 3.8) is 0 Å². The van der Waals surface area contributed by atoms with Gasteiger partial charge in [-0.05, 0) is 55.8 Å². The fraction of sp³-hybridized carbons (Fsp3) is 0.273. The molecule has 2 heterocycles. The largest absolute Gasteiger partial charge is 0.494 e. The molecule has 1 N–H and O–H groups in total. The van der Waals surface area contributed by atoms with E-state index >= 15 is 0 Å². The topological polar surface area (TPSA) is 99.5 Å². The van der Waals surface area contributed by atoms with Crippen LogP contribution < -0.4 is 15.6 Å². The summed E-state index contributed by atoms with van der Waals surface area (Å²) in [4.78, 5) is 41.4. The minimum Gasteiger partial charge on any atom is -0.494 e. The highest BCUT2D eigenvalue weighted by atomic mass is 16.5. The molecule has 0 fully saturated rings. The SMILES string of the molecule is CCOc1ccc(NC(=O)COC(=O)c2ccc3c(=O)n4c(nc3c2)CCC4)cc1. The Bertz CT molecular complexity index is 1170. The van der Waals surface area contributed by atoms with E-state index in [4.69, 9.17) is 9.47 Å². The fourth-order valence-corrected chi connectivity index (χ4v) is 3.42. The maximum absolute atomic E-state index is 12.5. The van der Waals surface area contributed by atoms with E-state index in [1.165, 1.54) is 12.1 Å². The molecule has 2 aromatic carbocycles. The number of carbonyl (C=O) groups excluding carboxylic acids is 2. The summed E-state index contributed by atoms with van der Waals surface area (Å²) in [7, 11) is 0. The number of hydrogen-bond acceptors (Lipinski definition) is 6. The van der Waals surface area contributed by atoms with Crippen LogP contribution in [0.5, 0.6) is 5.75 Å². The van der Waals surface area contributed by atoms with Gasteiger partial charge >= 0.3 is 5.97 Å². The van der Waals surface area contributed by atoms with Crippen LogP contribution >= 0.6 is 0 Å². The van der Waals surface area contributed by atoms with Crippen molar-refractivity contribution in [2.75, 3.05) is 18.5 Å². The first-order valence-corrected chi connectivity index (χ1v) is 9.78. The number of aryl methyl sites for hydroxylation is 1. The Hall–Kier alpha value is -3.68. The van der Waals surface area contributed by atoms with Gasteiger partial charge in [-0.2, -0.15) is 0 Å². The molecule has 8 heteroatoms. The van der Waals surface area contributed by atoms with Crippen LogP contribution in [0, 0.1) is 0 Å². The third-order valence-electron chi connectivity index (χ3n) is 4.84. The average Bonchev–Trinajstić information content (AvgIpc) is 3.22. The normalized spacial score (nSPS) is 12.4. The molecule has 0 spiro atoms. The van der Waals surface area contributed by atoms with E-state index in [2.05, 4.69) is 10.3 Å². The number of aromatic nitrogens is 2. The lowest BCUT2D eigenvalue weighted by Crippen LogP contribution is -2.22. The second-order valence-electron chi connectivity index (χ2n) is 6.90. The van der Waals surface area contributed by atoms with Crippen LogP contribution in [0.1, 0.15) is 29.5 Å². The number of amides is 1. The Balaban J connectivity index is 1.40. The van der Waals surface area contributed by atoms with Gasteiger partial charge in [-0.1, -0.05) is 0 Å². The third kappa shape index (κ3) is 4.03. The minimum absolute atomic E-state index is 0.0952. The van der Waals surface area contributed by atoms with Crippen LogP contribution in [0.4, 0.5) is 5.69 Å². The smallest absolute Gasteiger partial charge is 0.338 e. The Labute approximate surface area is 172 Å². The molecule has 0 radical (unpaired) electrons. The van der Waals surface area contributed by atoms with Crippen LogP contribution in [0.25, 0.3) is 10.9 Å². The zero-order chi connectivity index (χ0) is 21.1. The zero-order valence-electron chi connectivity index (χ0n) is 16.5. The molecule has 4 rings (SSSR count). The van der Waals surface area contributed by atoms with E-state index in [0.717, 1.165) is 18.7 Å². The van der Waals surface area contributed by atoms with Gasteiger partial charge in [-0.3, -0.25) is 14.2 Å². The summed E-state index contributed by atoms with van der Waals surface area (Å²) in [6.07, 6.45) is 1.63. The molecule has 0 atom stereocenters. The first-order valence-electron chi connectivity index (χ1n) is 9.78. The van der Waals surface area contributed by atoms with Gasteiger partial charge in [0.05, 0.1) is 23.1 Å². The van der Waals surface area contributed by atoms with Gasteiger partial charge in [0.2, 0.25) is 0 Å². The van der Waals surface area contributed by atoms with Gasteiger partial charge in [0.25, 0.3) is 11.5 Å². The standard InChI is InChI=1S/C22H21N3O5/c1-2-29-16-8-6-15(7-9-16)23-20(26)13-30-22(28)14-5-10-17-18(12-14)24-19-4-3-11-25(19)21(17)27/h5-10,12H,2-4,11,13H2,1H3,(H,23,26). The minimum atomic E-state index is -0.652. The van der Waals surface area contributed by atoms with Crippen molar-refractivity contribution in [1.29, 1.82) is 0 Å². The number of nitrogens with zero attached hydrogens (tertiary/aromatic N) is 2. The van der Waals surface area contributed by atoms with Crippen LogP contribution in [0.2, 0.25) is 0 Å². The van der Waals surface area contributed by atoms with Crippen molar-refractivity contribution >= 4 is 28.5 Å². The van der Waals surface area contributed by atoms with E-state index in [-0.39, 0.29) is 11.1 Å². The summed E-state index contributed by atoms with van der Waals surface area (Å²) in [6, 6.07) is 11.5. The average molecular weight is 407 g/mol. The lowest BCUT2D eigenvalue weighted by Gasteiger charge is -2.09. The molecule has 154 valence electrons. The van der Waals surface area contributed by atoms with Gasteiger partial charge < -0.3 is 14.8 Å². The Morgan fingerprint density at radius 2 is 1.97 bits per heavy atom. The summed E-state index contributed by atoms with van der Waals surface area (Å²) in [5.74, 6) is 0.327. The Morgan fingerprint density at radius 1 is 1.17 bits per heavy atom. The number of benzene rings is 2. The monoisotopic (exact) mass is 407 g/mol. The molecule has 0 unspecified atom stereocenters. The summed E-state index contributed by atoms with van der Waals surface area (Å²) in [5.41, 5.74) is 1.18. The van der Waals surface area contributed by atoms with Gasteiger partial charge in [0.15, 0.2) is 6.61 Å². The molecule has 0 saturated carbocycles. The Morgan fingerprint density at radius 3 is 2.73 bits per heavy atom. The second kappa shape index (κ2) is 8.36. The Kier molecular flexibility index (Phi) is 5.47. The number of rotatable bonds is 6. The number of ether oxygens (including phenoxy) is 2. The molecule has 8 nitrogen and oxygen atoms in total. The molecule has 0 bridgehead atoms. The molecule has 1 aliphatic heterocycles. The molecular formula is C22H21N3O5. The summed E-state index contributed by atoms with van der Waals surface area (Å²) in [6.45, 7) is 2.69. The van der Waals surface area contributed by atoms with Crippen molar-refractivity contribution < 1.29 is 19.1 Å². The number of anilines is 1. The maximum atomic E-state index is 12.5. The van der Waals surface area contributed by atoms with Crippen molar-refractivity contribution in [2.45, 2.75) is 26.3 Å². The van der Waals surface area contributed by atoms with E-state index in [1.54, 1.807) is 34.9 Å². The first kappa shape index (κ1) is 19.6. The van der Waals surface area contributed by atoms with E-state index in [1.807, 2.05) is 6.92 Å². The van der Waals surface area contributed by atoms with Gasteiger partial charge in [-0.15, -0.1) is 0 Å². The van der Waals surface area contributed by atoms with Crippen LogP contribution in [-0.2, 0) is 22.5 Å². The van der Waals surface area contributed by atoms with E-state index < -0.39 is 18.5 Å². The predicted octanol–water partition coefficient (Wildman–Crippen LogP) is 2.54. The molecule has 1 amide bonds. The fourth-order valence-electron chi connectivity index (χ4n) is 3.42. The summed E-state index contributed by atoms with van der Waals surface area (Å²) >= 11 is 0. The summed E-state index contributed by atoms with van der Waals surface area (Å²) < 4.78 is 12.1. The predicted molar refractivity (Wildman–Crippen MR) is 111 cm³/mol. The quantitative estimate of drug-likeness (QED) is 0.631. The molecule has 3 aromatic rings. The highest BCUT2D eigenvalue weighted by Gasteiger charge is 2.18. The number of esters is 1. The molecule has 0 saturated heterocycles. The van der Waals surface area contributed by atoms with Gasteiger partial charge in [0, 0.05) is 18.7 Å². The van der Waals surface area contributed by atoms with Crippen LogP contribution in [0.3, 0.4) is 0 Å². The molecule has 30 heavy (non-hydrogen) atoms. The molecule has 0 aliphatic carbocycles. The van der Waals surface area contributed by atoms with Crippen molar-refractivity contribution in [3.05, 3.63) is 64.2 Å². The van der Waals surface area contributed by atoms with Gasteiger partial charge in [0.1, 0.15) is 11.6 Å². The number of hydrogen-bond donors (Lipinski definition) is 1. The van der Waals surface area contributed by atoms with Crippen molar-refractivity contribution in [3.8, 4) is 5.75 Å². The first-order chi connectivity index (χ1) is 14.5. The zero-order valence-corrected chi connectivity index (χ0v) is 16.5. The van der Waals surface area contributed by atoms with Crippen molar-refractivity contribution in [1.82, 2.24) is 9.55 Å². The number of carbonyl (C=O) groups is 2.